The second kappa shape index (κ2) is 54.9. The second-order valence-electron chi connectivity index (χ2n) is 19.7. The van der Waals surface area contributed by atoms with E-state index in [2.05, 4.69) is 43.5 Å². The fraction of sp³-hybridized carbons (Fsp3) is 0.881. The summed E-state index contributed by atoms with van der Waals surface area (Å²) in [5.41, 5.74) is 0. The Labute approximate surface area is 395 Å². The number of unbranched alkanes of at least 4 members (excludes halogenated alkanes) is 42. The van der Waals surface area contributed by atoms with Crippen LogP contribution >= 0.6 is 0 Å². The summed E-state index contributed by atoms with van der Waals surface area (Å²) < 4.78 is 0. The molecule has 0 aliphatic rings. The van der Waals surface area contributed by atoms with Crippen molar-refractivity contribution in [3.63, 3.8) is 0 Å². The third-order valence-electron chi connectivity index (χ3n) is 13.4. The van der Waals surface area contributed by atoms with E-state index in [1.54, 1.807) is 6.08 Å². The van der Waals surface area contributed by atoms with Gasteiger partial charge in [0.15, 0.2) is 0 Å². The number of carbonyl (C=O) groups is 1. The van der Waals surface area contributed by atoms with E-state index >= 15 is 0 Å². The first-order valence-electron chi connectivity index (χ1n) is 28.7. The van der Waals surface area contributed by atoms with Crippen molar-refractivity contribution in [3.8, 4) is 0 Å². The van der Waals surface area contributed by atoms with Gasteiger partial charge in [-0.1, -0.05) is 301 Å². The van der Waals surface area contributed by atoms with Gasteiger partial charge in [-0.15, -0.1) is 0 Å². The molecule has 0 bridgehead atoms. The minimum atomic E-state index is -0.869. The summed E-state index contributed by atoms with van der Waals surface area (Å²) in [7, 11) is 0. The molecule has 0 spiro atoms. The normalized spacial score (nSPS) is 13.0. The van der Waals surface area contributed by atoms with Crippen molar-refractivity contribution < 1.29 is 15.0 Å². The van der Waals surface area contributed by atoms with Crippen molar-refractivity contribution in [2.24, 2.45) is 0 Å². The van der Waals surface area contributed by atoms with Gasteiger partial charge in [-0.25, -0.2) is 0 Å². The van der Waals surface area contributed by atoms with Gasteiger partial charge in [0.05, 0.1) is 18.8 Å². The molecule has 2 unspecified atom stereocenters. The number of hydrogen-bond acceptors (Lipinski definition) is 3. The van der Waals surface area contributed by atoms with Crippen LogP contribution in [0.2, 0.25) is 0 Å². The molecule has 0 fully saturated rings. The molecule has 0 saturated heterocycles. The maximum Gasteiger partial charge on any atom is 0.220 e. The lowest BCUT2D eigenvalue weighted by atomic mass is 10.0. The first-order chi connectivity index (χ1) is 31.2. The van der Waals surface area contributed by atoms with Crippen LogP contribution in [0, 0.1) is 0 Å². The van der Waals surface area contributed by atoms with Crippen LogP contribution in [-0.2, 0) is 4.79 Å². The topological polar surface area (TPSA) is 69.6 Å². The maximum atomic E-state index is 12.5. The van der Waals surface area contributed by atoms with Gasteiger partial charge in [0.1, 0.15) is 0 Å². The number of rotatable bonds is 53. The largest absolute Gasteiger partial charge is 0.394 e. The maximum absolute atomic E-state index is 12.5. The van der Waals surface area contributed by atoms with E-state index in [1.807, 2.05) is 6.08 Å². The van der Waals surface area contributed by atoms with Gasteiger partial charge in [0.2, 0.25) is 5.91 Å². The van der Waals surface area contributed by atoms with Gasteiger partial charge >= 0.3 is 0 Å². The Kier molecular flexibility index (Phi) is 53.7. The van der Waals surface area contributed by atoms with Crippen molar-refractivity contribution >= 4 is 5.91 Å². The van der Waals surface area contributed by atoms with Crippen LogP contribution in [0.25, 0.3) is 0 Å². The highest BCUT2D eigenvalue weighted by atomic mass is 16.3. The molecule has 0 saturated carbocycles. The van der Waals surface area contributed by atoms with Crippen LogP contribution in [-0.4, -0.2) is 34.9 Å². The highest BCUT2D eigenvalue weighted by Crippen LogP contribution is 2.17. The molecule has 63 heavy (non-hydrogen) atoms. The van der Waals surface area contributed by atoms with Crippen LogP contribution in [0.1, 0.15) is 316 Å². The molecule has 0 aromatic rings. The minimum Gasteiger partial charge on any atom is -0.394 e. The SMILES string of the molecule is CCCCCCCCCCCCCCCCC/C=C/CC/C=C/CC/C=C/C(O)C(CO)NC(=O)CCCCCCCCCCCCCCCCCCCCCCCCCCCC. The third-order valence-corrected chi connectivity index (χ3v) is 13.4. The smallest absolute Gasteiger partial charge is 0.220 e. The van der Waals surface area contributed by atoms with E-state index in [0.717, 1.165) is 38.5 Å². The Morgan fingerprint density at radius 2 is 0.619 bits per heavy atom. The molecular formula is C59H113NO3. The van der Waals surface area contributed by atoms with Gasteiger partial charge < -0.3 is 15.5 Å². The van der Waals surface area contributed by atoms with Gasteiger partial charge in [0.25, 0.3) is 0 Å². The quantitative estimate of drug-likeness (QED) is 0.0421. The molecule has 0 aromatic heterocycles. The Morgan fingerprint density at radius 3 is 0.921 bits per heavy atom. The molecule has 4 nitrogen and oxygen atoms in total. The number of aliphatic hydroxyl groups excluding tert-OH is 2. The molecular weight excluding hydrogens is 771 g/mol. The molecule has 0 aliphatic carbocycles. The summed E-state index contributed by atoms with van der Waals surface area (Å²) in [5, 5.41) is 23.1. The number of carbonyl (C=O) groups excluding carboxylic acids is 1. The highest BCUT2D eigenvalue weighted by Gasteiger charge is 2.18. The predicted molar refractivity (Wildman–Crippen MR) is 281 cm³/mol. The molecule has 0 aliphatic heterocycles. The van der Waals surface area contributed by atoms with E-state index in [9.17, 15) is 15.0 Å². The summed E-state index contributed by atoms with van der Waals surface area (Å²) in [6.45, 7) is 4.33. The van der Waals surface area contributed by atoms with Crippen LogP contribution in [0.5, 0.6) is 0 Å². The van der Waals surface area contributed by atoms with Crippen LogP contribution in [0.3, 0.4) is 0 Å². The van der Waals surface area contributed by atoms with E-state index in [4.69, 9.17) is 0 Å². The Balaban J connectivity index is 3.52. The minimum absolute atomic E-state index is 0.0716. The molecule has 1 amide bonds. The van der Waals surface area contributed by atoms with E-state index in [0.29, 0.717) is 6.42 Å². The second-order valence-corrected chi connectivity index (χ2v) is 19.7. The zero-order valence-corrected chi connectivity index (χ0v) is 42.9. The first kappa shape index (κ1) is 61.6. The monoisotopic (exact) mass is 884 g/mol. The first-order valence-corrected chi connectivity index (χ1v) is 28.7. The molecule has 2 atom stereocenters. The molecule has 3 N–H and O–H groups in total. The predicted octanol–water partition coefficient (Wildman–Crippen LogP) is 18.9. The number of allylic oxidation sites excluding steroid dienone is 5. The van der Waals surface area contributed by atoms with Crippen LogP contribution < -0.4 is 5.32 Å². The lowest BCUT2D eigenvalue weighted by Crippen LogP contribution is -2.45. The number of nitrogens with one attached hydrogen (secondary N) is 1. The number of amides is 1. The number of hydrogen-bond donors (Lipinski definition) is 3. The zero-order valence-electron chi connectivity index (χ0n) is 42.9. The highest BCUT2D eigenvalue weighted by molar-refractivity contribution is 5.76. The van der Waals surface area contributed by atoms with Gasteiger partial charge in [0, 0.05) is 6.42 Å². The molecule has 0 heterocycles. The Hall–Kier alpha value is -1.39. The van der Waals surface area contributed by atoms with Crippen molar-refractivity contribution in [1.29, 1.82) is 0 Å². The summed E-state index contributed by atoms with van der Waals surface area (Å²) in [6, 6.07) is -0.644. The zero-order chi connectivity index (χ0) is 45.6. The van der Waals surface area contributed by atoms with E-state index < -0.39 is 12.1 Å². The van der Waals surface area contributed by atoms with Gasteiger partial charge in [-0.2, -0.15) is 0 Å². The Bertz CT molecular complexity index is 958. The molecule has 0 radical (unpaired) electrons. The fourth-order valence-corrected chi connectivity index (χ4v) is 8.98. The molecule has 372 valence electrons. The van der Waals surface area contributed by atoms with Crippen molar-refractivity contribution in [1.82, 2.24) is 5.32 Å². The third kappa shape index (κ3) is 51.5. The van der Waals surface area contributed by atoms with Crippen molar-refractivity contribution in [2.75, 3.05) is 6.61 Å². The average Bonchev–Trinajstić information content (AvgIpc) is 3.29. The molecule has 0 aromatic carbocycles. The van der Waals surface area contributed by atoms with Gasteiger partial charge in [-0.05, 0) is 44.9 Å². The fourth-order valence-electron chi connectivity index (χ4n) is 8.98. The molecule has 4 heteroatoms. The summed E-state index contributed by atoms with van der Waals surface area (Å²) in [5.74, 6) is -0.0716. The number of aliphatic hydroxyl groups is 2. The standard InChI is InChI=1S/C59H113NO3/c1-3-5-7-9-11-13-15-17-19-21-23-25-27-29-31-33-35-37-39-41-43-45-47-49-51-53-55-59(63)60-57(56-61)58(62)54-52-50-48-46-44-42-40-38-36-34-32-30-28-26-24-22-20-18-16-14-12-10-8-6-4-2/h36,38,44,46,52,54,57-58,61-62H,3-35,37,39-43,45,47-51,53,55-56H2,1-2H3,(H,60,63)/b38-36+,46-44+,54-52+. The summed E-state index contributed by atoms with van der Waals surface area (Å²) in [6.07, 6.45) is 74.6. The lowest BCUT2D eigenvalue weighted by Gasteiger charge is -2.19. The van der Waals surface area contributed by atoms with Crippen molar-refractivity contribution in [2.45, 2.75) is 328 Å². The summed E-state index contributed by atoms with van der Waals surface area (Å²) in [4.78, 5) is 12.5. The average molecular weight is 885 g/mol. The Morgan fingerprint density at radius 1 is 0.365 bits per heavy atom. The van der Waals surface area contributed by atoms with Crippen LogP contribution in [0.4, 0.5) is 0 Å². The van der Waals surface area contributed by atoms with E-state index in [1.165, 1.54) is 257 Å². The van der Waals surface area contributed by atoms with Gasteiger partial charge in [-0.3, -0.25) is 4.79 Å². The van der Waals surface area contributed by atoms with Crippen LogP contribution in [0.15, 0.2) is 36.5 Å². The lowest BCUT2D eigenvalue weighted by molar-refractivity contribution is -0.123. The summed E-state index contributed by atoms with van der Waals surface area (Å²) >= 11 is 0. The van der Waals surface area contributed by atoms with Crippen molar-refractivity contribution in [3.05, 3.63) is 36.5 Å². The van der Waals surface area contributed by atoms with E-state index in [-0.39, 0.29) is 12.5 Å². The molecule has 0 rings (SSSR count).